The Balaban J connectivity index is 2.73. The average Bonchev–Trinajstić information content (AvgIpc) is 2.52. The monoisotopic (exact) mass is 334 g/mol. The third kappa shape index (κ3) is 7.93. The maximum Gasteiger partial charge on any atom is 0.220 e. The first-order chi connectivity index (χ1) is 11.3. The number of nitrogens with one attached hydrogen (secondary N) is 1. The number of amides is 1. The van der Waals surface area contributed by atoms with E-state index in [0.717, 1.165) is 18.4 Å². The third-order valence-corrected chi connectivity index (χ3v) is 4.20. The predicted molar refractivity (Wildman–Crippen MR) is 99.5 cm³/mol. The lowest BCUT2D eigenvalue weighted by Crippen LogP contribution is -2.40. The largest absolute Gasteiger partial charge is 0.391 e. The Labute approximate surface area is 146 Å². The molecule has 1 aromatic rings. The molecule has 0 aliphatic rings. The Morgan fingerprint density at radius 2 is 1.71 bits per heavy atom. The van der Waals surface area contributed by atoms with Crippen LogP contribution in [0.15, 0.2) is 30.3 Å². The van der Waals surface area contributed by atoms with E-state index in [1.54, 1.807) is 0 Å². The van der Waals surface area contributed by atoms with Gasteiger partial charge in [-0.3, -0.25) is 4.79 Å². The maximum absolute atomic E-state index is 12.2. The number of aliphatic hydroxyl groups is 1. The van der Waals surface area contributed by atoms with Crippen LogP contribution in [0, 0.1) is 11.8 Å². The van der Waals surface area contributed by atoms with Crippen LogP contribution in [0.1, 0.15) is 65.0 Å². The van der Waals surface area contributed by atoms with Crippen LogP contribution in [-0.4, -0.2) is 23.2 Å². The van der Waals surface area contributed by atoms with E-state index in [-0.39, 0.29) is 18.0 Å². The van der Waals surface area contributed by atoms with Crippen LogP contribution < -0.4 is 11.1 Å². The summed E-state index contributed by atoms with van der Waals surface area (Å²) in [5, 5.41) is 13.5. The molecule has 0 heterocycles. The summed E-state index contributed by atoms with van der Waals surface area (Å²) in [6.07, 6.45) is 1.94. The fraction of sp³-hybridized carbons (Fsp3) is 0.650. The first-order valence-corrected chi connectivity index (χ1v) is 9.07. The van der Waals surface area contributed by atoms with E-state index >= 15 is 0 Å². The van der Waals surface area contributed by atoms with Crippen molar-refractivity contribution < 1.29 is 9.90 Å². The van der Waals surface area contributed by atoms with Crippen LogP contribution in [0.5, 0.6) is 0 Å². The molecular formula is C20H34N2O2. The Morgan fingerprint density at radius 3 is 2.25 bits per heavy atom. The SMILES string of the molecule is CC(C)CCC(=O)NC(CC(O)C(N)CC(C)C)c1ccccc1. The van der Waals surface area contributed by atoms with Crippen LogP contribution in [0.3, 0.4) is 0 Å². The molecule has 1 aromatic carbocycles. The molecule has 0 radical (unpaired) electrons. The van der Waals surface area contributed by atoms with Crippen molar-refractivity contribution in [1.82, 2.24) is 5.32 Å². The zero-order chi connectivity index (χ0) is 18.1. The molecular weight excluding hydrogens is 300 g/mol. The highest BCUT2D eigenvalue weighted by Crippen LogP contribution is 2.21. The first-order valence-electron chi connectivity index (χ1n) is 9.07. The molecule has 0 saturated carbocycles. The Bertz CT molecular complexity index is 474. The van der Waals surface area contributed by atoms with Gasteiger partial charge < -0.3 is 16.2 Å². The minimum Gasteiger partial charge on any atom is -0.391 e. The van der Waals surface area contributed by atoms with Crippen molar-refractivity contribution in [2.24, 2.45) is 17.6 Å². The van der Waals surface area contributed by atoms with Gasteiger partial charge in [0.25, 0.3) is 0 Å². The predicted octanol–water partition coefficient (Wildman–Crippen LogP) is 3.40. The van der Waals surface area contributed by atoms with Crippen molar-refractivity contribution in [3.05, 3.63) is 35.9 Å². The Kier molecular flexibility index (Phi) is 9.01. The van der Waals surface area contributed by atoms with E-state index < -0.39 is 6.10 Å². The fourth-order valence-electron chi connectivity index (χ4n) is 2.77. The molecule has 4 N–H and O–H groups in total. The molecule has 0 fully saturated rings. The fourth-order valence-corrected chi connectivity index (χ4v) is 2.77. The standard InChI is InChI=1S/C20H34N2O2/c1-14(2)10-11-20(24)22-18(16-8-6-5-7-9-16)13-19(23)17(21)12-15(3)4/h5-9,14-15,17-19,23H,10-13,21H2,1-4H3,(H,22,24). The molecule has 0 aromatic heterocycles. The van der Waals surface area contributed by atoms with E-state index in [2.05, 4.69) is 33.0 Å². The van der Waals surface area contributed by atoms with Gasteiger partial charge >= 0.3 is 0 Å². The summed E-state index contributed by atoms with van der Waals surface area (Å²) in [5.41, 5.74) is 7.12. The normalized spacial score (nSPS) is 15.3. The summed E-state index contributed by atoms with van der Waals surface area (Å²) < 4.78 is 0. The van der Waals surface area contributed by atoms with E-state index in [1.165, 1.54) is 0 Å². The Morgan fingerprint density at radius 1 is 1.08 bits per heavy atom. The van der Waals surface area contributed by atoms with Gasteiger partial charge in [0.05, 0.1) is 12.1 Å². The van der Waals surface area contributed by atoms with E-state index in [1.807, 2.05) is 30.3 Å². The number of hydrogen-bond donors (Lipinski definition) is 3. The molecule has 4 nitrogen and oxygen atoms in total. The molecule has 0 bridgehead atoms. The minimum absolute atomic E-state index is 0.0298. The lowest BCUT2D eigenvalue weighted by atomic mass is 9.93. The van der Waals surface area contributed by atoms with Gasteiger partial charge in [0.2, 0.25) is 5.91 Å². The van der Waals surface area contributed by atoms with Gasteiger partial charge in [-0.25, -0.2) is 0 Å². The smallest absolute Gasteiger partial charge is 0.220 e. The van der Waals surface area contributed by atoms with Gasteiger partial charge in [-0.05, 0) is 36.7 Å². The molecule has 3 atom stereocenters. The lowest BCUT2D eigenvalue weighted by Gasteiger charge is -2.26. The van der Waals surface area contributed by atoms with Gasteiger partial charge in [0, 0.05) is 12.5 Å². The van der Waals surface area contributed by atoms with E-state index in [4.69, 9.17) is 5.73 Å². The van der Waals surface area contributed by atoms with Crippen LogP contribution in [0.2, 0.25) is 0 Å². The topological polar surface area (TPSA) is 75.3 Å². The minimum atomic E-state index is -0.636. The van der Waals surface area contributed by atoms with Crippen molar-refractivity contribution >= 4 is 5.91 Å². The molecule has 24 heavy (non-hydrogen) atoms. The second-order valence-corrected chi connectivity index (χ2v) is 7.56. The number of nitrogens with two attached hydrogens (primary N) is 1. The van der Waals surface area contributed by atoms with Crippen LogP contribution >= 0.6 is 0 Å². The number of carbonyl (C=O) groups excluding carboxylic acids is 1. The number of hydrogen-bond acceptors (Lipinski definition) is 3. The van der Waals surface area contributed by atoms with Gasteiger partial charge in [-0.2, -0.15) is 0 Å². The van der Waals surface area contributed by atoms with Crippen molar-refractivity contribution in [2.45, 2.75) is 71.6 Å². The summed E-state index contributed by atoms with van der Waals surface area (Å²) in [7, 11) is 0. The van der Waals surface area contributed by atoms with E-state index in [9.17, 15) is 9.90 Å². The quantitative estimate of drug-likeness (QED) is 0.614. The molecule has 0 saturated heterocycles. The summed E-state index contributed by atoms with van der Waals surface area (Å²) >= 11 is 0. The molecule has 4 heteroatoms. The summed E-state index contributed by atoms with van der Waals surface area (Å²) in [6, 6.07) is 9.32. The highest BCUT2D eigenvalue weighted by Gasteiger charge is 2.23. The van der Waals surface area contributed by atoms with Crippen molar-refractivity contribution in [3.63, 3.8) is 0 Å². The first kappa shape index (κ1) is 20.7. The molecule has 0 spiro atoms. The highest BCUT2D eigenvalue weighted by atomic mass is 16.3. The van der Waals surface area contributed by atoms with Crippen LogP contribution in [-0.2, 0) is 4.79 Å². The second kappa shape index (κ2) is 10.5. The van der Waals surface area contributed by atoms with Gasteiger partial charge in [-0.15, -0.1) is 0 Å². The van der Waals surface area contributed by atoms with E-state index in [0.29, 0.717) is 24.7 Å². The summed E-state index contributed by atoms with van der Waals surface area (Å²) in [6.45, 7) is 8.40. The molecule has 1 amide bonds. The summed E-state index contributed by atoms with van der Waals surface area (Å²) in [4.78, 5) is 12.2. The zero-order valence-corrected chi connectivity index (χ0v) is 15.5. The van der Waals surface area contributed by atoms with Crippen molar-refractivity contribution in [2.75, 3.05) is 0 Å². The Hall–Kier alpha value is -1.39. The van der Waals surface area contributed by atoms with Crippen molar-refractivity contribution in [3.8, 4) is 0 Å². The molecule has 136 valence electrons. The van der Waals surface area contributed by atoms with Gasteiger partial charge in [0.15, 0.2) is 0 Å². The lowest BCUT2D eigenvalue weighted by molar-refractivity contribution is -0.122. The van der Waals surface area contributed by atoms with Gasteiger partial charge in [0.1, 0.15) is 0 Å². The average molecular weight is 335 g/mol. The number of carbonyl (C=O) groups is 1. The third-order valence-electron chi connectivity index (χ3n) is 4.20. The molecule has 1 rings (SSSR count). The van der Waals surface area contributed by atoms with Crippen molar-refractivity contribution in [1.29, 1.82) is 0 Å². The number of rotatable bonds is 10. The zero-order valence-electron chi connectivity index (χ0n) is 15.5. The molecule has 0 aliphatic carbocycles. The second-order valence-electron chi connectivity index (χ2n) is 7.56. The summed E-state index contributed by atoms with van der Waals surface area (Å²) in [5.74, 6) is 0.962. The van der Waals surface area contributed by atoms with Gasteiger partial charge in [-0.1, -0.05) is 58.0 Å². The number of benzene rings is 1. The maximum atomic E-state index is 12.2. The number of aliphatic hydroxyl groups excluding tert-OH is 1. The molecule has 3 unspecified atom stereocenters. The van der Waals surface area contributed by atoms with Crippen LogP contribution in [0.25, 0.3) is 0 Å². The van der Waals surface area contributed by atoms with Crippen LogP contribution in [0.4, 0.5) is 0 Å². The molecule has 0 aliphatic heterocycles. The highest BCUT2D eigenvalue weighted by molar-refractivity contribution is 5.76.